The van der Waals surface area contributed by atoms with E-state index in [1.165, 1.54) is 0 Å². The molecule has 2 rings (SSSR count). The number of nitrogens with one attached hydrogen (secondary N) is 2. The van der Waals surface area contributed by atoms with Gasteiger partial charge in [-0.15, -0.1) is 0 Å². The molecular formula is C13H22N4O3. The lowest BCUT2D eigenvalue weighted by Gasteiger charge is -2.33. The van der Waals surface area contributed by atoms with E-state index in [1.54, 1.807) is 4.90 Å². The Hall–Kier alpha value is -1.63. The number of carbonyl (C=O) groups is 3. The van der Waals surface area contributed by atoms with E-state index in [0.29, 0.717) is 39.0 Å². The zero-order chi connectivity index (χ0) is 14.5. The molecule has 7 heteroatoms. The molecule has 2 aliphatic rings. The van der Waals surface area contributed by atoms with Gasteiger partial charge in [0.2, 0.25) is 17.7 Å². The molecule has 20 heavy (non-hydrogen) atoms. The number of nitrogens with two attached hydrogens (primary N) is 1. The molecule has 0 aromatic heterocycles. The Labute approximate surface area is 118 Å². The van der Waals surface area contributed by atoms with E-state index >= 15 is 0 Å². The minimum absolute atomic E-state index is 0.0385. The molecule has 0 aliphatic carbocycles. The Morgan fingerprint density at radius 2 is 2.20 bits per heavy atom. The van der Waals surface area contributed by atoms with Crippen molar-refractivity contribution >= 4 is 17.7 Å². The predicted molar refractivity (Wildman–Crippen MR) is 72.5 cm³/mol. The maximum Gasteiger partial charge on any atom is 0.245 e. The van der Waals surface area contributed by atoms with Gasteiger partial charge in [-0.2, -0.15) is 0 Å². The molecule has 2 saturated heterocycles. The molecule has 4 N–H and O–H groups in total. The van der Waals surface area contributed by atoms with Gasteiger partial charge in [0.1, 0.15) is 6.04 Å². The highest BCUT2D eigenvalue weighted by molar-refractivity contribution is 5.91. The average Bonchev–Trinajstić information content (AvgIpc) is 2.90. The monoisotopic (exact) mass is 282 g/mol. The van der Waals surface area contributed by atoms with Crippen molar-refractivity contribution in [2.45, 2.75) is 31.7 Å². The van der Waals surface area contributed by atoms with E-state index in [2.05, 4.69) is 10.6 Å². The van der Waals surface area contributed by atoms with Crippen molar-refractivity contribution in [2.75, 3.05) is 26.2 Å². The molecule has 2 fully saturated rings. The second kappa shape index (κ2) is 6.69. The minimum atomic E-state index is -0.409. The van der Waals surface area contributed by atoms with Crippen molar-refractivity contribution in [3.63, 3.8) is 0 Å². The zero-order valence-electron chi connectivity index (χ0n) is 11.6. The molecule has 112 valence electrons. The first-order valence-electron chi connectivity index (χ1n) is 7.17. The Morgan fingerprint density at radius 3 is 2.85 bits per heavy atom. The lowest BCUT2D eigenvalue weighted by atomic mass is 9.96. The van der Waals surface area contributed by atoms with Crippen LogP contribution < -0.4 is 16.4 Å². The van der Waals surface area contributed by atoms with Gasteiger partial charge in [-0.1, -0.05) is 0 Å². The molecule has 0 bridgehead atoms. The molecule has 0 aromatic carbocycles. The fourth-order valence-corrected chi connectivity index (χ4v) is 2.75. The molecule has 2 heterocycles. The van der Waals surface area contributed by atoms with Gasteiger partial charge in [-0.05, 0) is 19.3 Å². The summed E-state index contributed by atoms with van der Waals surface area (Å²) in [6, 6.07) is -0.409. The molecule has 0 saturated carbocycles. The summed E-state index contributed by atoms with van der Waals surface area (Å²) in [5, 5.41) is 5.45. The molecule has 1 unspecified atom stereocenters. The van der Waals surface area contributed by atoms with Gasteiger partial charge in [-0.25, -0.2) is 0 Å². The number of hydrogen-bond acceptors (Lipinski definition) is 4. The molecule has 7 nitrogen and oxygen atoms in total. The summed E-state index contributed by atoms with van der Waals surface area (Å²) in [7, 11) is 0. The lowest BCUT2D eigenvalue weighted by Crippen LogP contribution is -2.51. The third-order valence-corrected chi connectivity index (χ3v) is 3.84. The van der Waals surface area contributed by atoms with Crippen LogP contribution in [-0.2, 0) is 14.4 Å². The summed E-state index contributed by atoms with van der Waals surface area (Å²) in [5.41, 5.74) is 5.36. The Morgan fingerprint density at radius 1 is 1.40 bits per heavy atom. The van der Waals surface area contributed by atoms with E-state index in [9.17, 15) is 14.4 Å². The van der Waals surface area contributed by atoms with Gasteiger partial charge in [0.15, 0.2) is 0 Å². The summed E-state index contributed by atoms with van der Waals surface area (Å²) in [4.78, 5) is 37.1. The van der Waals surface area contributed by atoms with Crippen LogP contribution in [-0.4, -0.2) is 54.8 Å². The number of nitrogens with zero attached hydrogens (tertiary/aromatic N) is 1. The highest BCUT2D eigenvalue weighted by Gasteiger charge is 2.34. The first-order valence-corrected chi connectivity index (χ1v) is 7.17. The van der Waals surface area contributed by atoms with Gasteiger partial charge < -0.3 is 21.3 Å². The van der Waals surface area contributed by atoms with Crippen LogP contribution in [0, 0.1) is 5.92 Å². The average molecular weight is 282 g/mol. The lowest BCUT2D eigenvalue weighted by molar-refractivity contribution is -0.138. The van der Waals surface area contributed by atoms with Crippen LogP contribution in [0.15, 0.2) is 0 Å². The van der Waals surface area contributed by atoms with Crippen molar-refractivity contribution in [3.8, 4) is 0 Å². The van der Waals surface area contributed by atoms with Crippen LogP contribution in [0.1, 0.15) is 25.7 Å². The van der Waals surface area contributed by atoms with E-state index < -0.39 is 6.04 Å². The highest BCUT2D eigenvalue weighted by Crippen LogP contribution is 2.19. The fourth-order valence-electron chi connectivity index (χ4n) is 2.75. The standard InChI is InChI=1S/C13H22N4O3/c14-5-6-15-12(19)9-2-1-7-17(8-9)13(20)10-3-4-11(18)16-10/h9-10H,1-8,14H2,(H,15,19)(H,16,18)/t9?,10-/m1/s1. The summed E-state index contributed by atoms with van der Waals surface area (Å²) in [6.07, 6.45) is 2.56. The van der Waals surface area contributed by atoms with Gasteiger partial charge in [0.25, 0.3) is 0 Å². The fraction of sp³-hybridized carbons (Fsp3) is 0.769. The third kappa shape index (κ3) is 3.47. The van der Waals surface area contributed by atoms with Crippen LogP contribution in [0.4, 0.5) is 0 Å². The Balaban J connectivity index is 1.88. The van der Waals surface area contributed by atoms with Crippen LogP contribution in [0.2, 0.25) is 0 Å². The largest absolute Gasteiger partial charge is 0.355 e. The number of likely N-dealkylation sites (tertiary alicyclic amines) is 1. The van der Waals surface area contributed by atoms with Gasteiger partial charge in [-0.3, -0.25) is 14.4 Å². The van der Waals surface area contributed by atoms with Crippen molar-refractivity contribution in [3.05, 3.63) is 0 Å². The van der Waals surface area contributed by atoms with Gasteiger partial charge in [0, 0.05) is 32.6 Å². The van der Waals surface area contributed by atoms with Crippen LogP contribution in [0.5, 0.6) is 0 Å². The summed E-state index contributed by atoms with van der Waals surface area (Å²) in [5.74, 6) is -0.343. The van der Waals surface area contributed by atoms with Crippen molar-refractivity contribution < 1.29 is 14.4 Å². The molecule has 0 spiro atoms. The SMILES string of the molecule is NCCNC(=O)C1CCCN(C(=O)[C@H]2CCC(=O)N2)C1. The number of hydrogen-bond donors (Lipinski definition) is 3. The molecule has 2 aliphatic heterocycles. The number of rotatable bonds is 4. The quantitative estimate of drug-likeness (QED) is 0.588. The Bertz CT molecular complexity index is 399. The number of piperidine rings is 1. The topological polar surface area (TPSA) is 105 Å². The zero-order valence-corrected chi connectivity index (χ0v) is 11.6. The van der Waals surface area contributed by atoms with Crippen LogP contribution in [0.3, 0.4) is 0 Å². The van der Waals surface area contributed by atoms with E-state index in [0.717, 1.165) is 12.8 Å². The second-order valence-electron chi connectivity index (χ2n) is 5.36. The minimum Gasteiger partial charge on any atom is -0.355 e. The first-order chi connectivity index (χ1) is 9.61. The second-order valence-corrected chi connectivity index (χ2v) is 5.36. The summed E-state index contributed by atoms with van der Waals surface area (Å²) in [6.45, 7) is 1.96. The normalized spacial score (nSPS) is 26.2. The number of carbonyl (C=O) groups excluding carboxylic acids is 3. The molecular weight excluding hydrogens is 260 g/mol. The van der Waals surface area contributed by atoms with Gasteiger partial charge >= 0.3 is 0 Å². The first kappa shape index (κ1) is 14.8. The Kier molecular flexibility index (Phi) is 4.94. The van der Waals surface area contributed by atoms with Gasteiger partial charge in [0.05, 0.1) is 5.92 Å². The van der Waals surface area contributed by atoms with Crippen LogP contribution >= 0.6 is 0 Å². The van der Waals surface area contributed by atoms with Crippen molar-refractivity contribution in [2.24, 2.45) is 11.7 Å². The maximum atomic E-state index is 12.3. The third-order valence-electron chi connectivity index (χ3n) is 3.84. The van der Waals surface area contributed by atoms with Crippen molar-refractivity contribution in [1.82, 2.24) is 15.5 Å². The van der Waals surface area contributed by atoms with E-state index in [-0.39, 0.29) is 23.6 Å². The van der Waals surface area contributed by atoms with E-state index in [1.807, 2.05) is 0 Å². The molecule has 0 radical (unpaired) electrons. The van der Waals surface area contributed by atoms with Crippen molar-refractivity contribution in [1.29, 1.82) is 0 Å². The smallest absolute Gasteiger partial charge is 0.245 e. The highest BCUT2D eigenvalue weighted by atomic mass is 16.2. The molecule has 0 aromatic rings. The predicted octanol–water partition coefficient (Wildman–Crippen LogP) is -1.42. The van der Waals surface area contributed by atoms with Crippen LogP contribution in [0.25, 0.3) is 0 Å². The maximum absolute atomic E-state index is 12.3. The number of amides is 3. The molecule has 3 amide bonds. The summed E-state index contributed by atoms with van der Waals surface area (Å²) >= 11 is 0. The van der Waals surface area contributed by atoms with E-state index in [4.69, 9.17) is 5.73 Å². The summed E-state index contributed by atoms with van der Waals surface area (Å²) < 4.78 is 0. The molecule has 2 atom stereocenters.